The summed E-state index contributed by atoms with van der Waals surface area (Å²) in [6.45, 7) is 21.7. The maximum atomic E-state index is 2.77. The Hall–Kier alpha value is -0.120. The molecule has 3 aliphatic heterocycles. The molecule has 0 aromatic carbocycles. The van der Waals surface area contributed by atoms with Gasteiger partial charge >= 0.3 is 0 Å². The van der Waals surface area contributed by atoms with Gasteiger partial charge in [-0.3, -0.25) is 0 Å². The summed E-state index contributed by atoms with van der Waals surface area (Å²) < 4.78 is 0. The van der Waals surface area contributed by atoms with Crippen LogP contribution in [-0.2, 0) is 0 Å². The summed E-state index contributed by atoms with van der Waals surface area (Å²) in [7, 11) is 0. The average molecular weight is 296 g/mol. The molecule has 3 saturated heterocycles. The second-order valence-electron chi connectivity index (χ2n) is 7.52. The Morgan fingerprint density at radius 1 is 1.00 bits per heavy atom. The van der Waals surface area contributed by atoms with Crippen molar-refractivity contribution >= 4 is 0 Å². The number of nitrogens with zero attached hydrogens (tertiary/aromatic N) is 3. The molecule has 3 fully saturated rings. The van der Waals surface area contributed by atoms with Crippen molar-refractivity contribution in [2.45, 2.75) is 53.5 Å². The number of likely N-dealkylation sites (tertiary alicyclic amines) is 3. The molecule has 3 heteroatoms. The zero-order chi connectivity index (χ0) is 15.5. The molecule has 0 amide bonds. The number of hydrogen-bond donors (Lipinski definition) is 0. The Kier molecular flexibility index (Phi) is 6.10. The van der Waals surface area contributed by atoms with Crippen LogP contribution in [0.3, 0.4) is 0 Å². The van der Waals surface area contributed by atoms with E-state index in [2.05, 4.69) is 35.5 Å². The van der Waals surface area contributed by atoms with Crippen LogP contribution >= 0.6 is 0 Å². The third kappa shape index (κ3) is 4.00. The first-order valence-electron chi connectivity index (χ1n) is 9.29. The third-order valence-electron chi connectivity index (χ3n) is 5.71. The normalized spacial score (nSPS) is 31.7. The first-order chi connectivity index (χ1) is 10.1. The lowest BCUT2D eigenvalue weighted by molar-refractivity contribution is 0.0449. The third-order valence-corrected chi connectivity index (χ3v) is 5.71. The SMILES string of the molecule is CC.CCN1CCC2(CCN(CC3CN(C(C)C)C3)C2)C1. The van der Waals surface area contributed by atoms with Gasteiger partial charge in [-0.2, -0.15) is 0 Å². The number of hydrogen-bond acceptors (Lipinski definition) is 3. The highest BCUT2D eigenvalue weighted by Gasteiger charge is 2.43. The van der Waals surface area contributed by atoms with Gasteiger partial charge in [-0.15, -0.1) is 0 Å². The standard InChI is InChI=1S/C16H31N3.C2H6/c1-4-17-7-5-16(12-17)6-8-18(13-16)9-15-10-19(11-15)14(2)3;1-2/h14-15H,4-13H2,1-3H3;1-2H3. The highest BCUT2D eigenvalue weighted by atomic mass is 15.3. The molecular formula is C18H37N3. The Labute approximate surface area is 132 Å². The smallest absolute Gasteiger partial charge is 0.00513 e. The first kappa shape index (κ1) is 17.2. The van der Waals surface area contributed by atoms with Gasteiger partial charge in [0.2, 0.25) is 0 Å². The fraction of sp³-hybridized carbons (Fsp3) is 1.00. The van der Waals surface area contributed by atoms with Crippen molar-refractivity contribution in [1.82, 2.24) is 14.7 Å². The summed E-state index contributed by atoms with van der Waals surface area (Å²) in [4.78, 5) is 8.01. The Morgan fingerprint density at radius 2 is 1.57 bits per heavy atom. The molecule has 0 bridgehead atoms. The van der Waals surface area contributed by atoms with Crippen molar-refractivity contribution in [3.05, 3.63) is 0 Å². The van der Waals surface area contributed by atoms with Crippen LogP contribution in [0.15, 0.2) is 0 Å². The maximum absolute atomic E-state index is 2.77. The molecule has 0 aromatic rings. The molecule has 1 spiro atoms. The molecule has 0 saturated carbocycles. The van der Waals surface area contributed by atoms with Crippen LogP contribution in [0.2, 0.25) is 0 Å². The van der Waals surface area contributed by atoms with Gasteiger partial charge in [0.25, 0.3) is 0 Å². The van der Waals surface area contributed by atoms with E-state index in [1.165, 1.54) is 65.2 Å². The minimum Gasteiger partial charge on any atom is -0.303 e. The molecular weight excluding hydrogens is 258 g/mol. The molecule has 0 radical (unpaired) electrons. The molecule has 3 nitrogen and oxygen atoms in total. The van der Waals surface area contributed by atoms with Gasteiger partial charge in [0, 0.05) is 38.8 Å². The van der Waals surface area contributed by atoms with Crippen LogP contribution in [0, 0.1) is 11.3 Å². The second kappa shape index (κ2) is 7.43. The van der Waals surface area contributed by atoms with Crippen LogP contribution in [0.1, 0.15) is 47.5 Å². The van der Waals surface area contributed by atoms with E-state index in [0.717, 1.165) is 12.0 Å². The van der Waals surface area contributed by atoms with Gasteiger partial charge in [-0.05, 0) is 57.7 Å². The molecule has 1 atom stereocenters. The highest BCUT2D eigenvalue weighted by Crippen LogP contribution is 2.39. The van der Waals surface area contributed by atoms with Crippen molar-refractivity contribution < 1.29 is 0 Å². The molecule has 0 N–H and O–H groups in total. The van der Waals surface area contributed by atoms with Gasteiger partial charge < -0.3 is 14.7 Å². The van der Waals surface area contributed by atoms with E-state index in [-0.39, 0.29) is 0 Å². The summed E-state index contributed by atoms with van der Waals surface area (Å²) in [5, 5.41) is 0. The first-order valence-corrected chi connectivity index (χ1v) is 9.29. The summed E-state index contributed by atoms with van der Waals surface area (Å²) in [6.07, 6.45) is 2.89. The van der Waals surface area contributed by atoms with Crippen LogP contribution < -0.4 is 0 Å². The molecule has 3 rings (SSSR count). The summed E-state index contributed by atoms with van der Waals surface area (Å²) >= 11 is 0. The minimum atomic E-state index is 0.664. The zero-order valence-electron chi connectivity index (χ0n) is 15.1. The molecule has 0 aromatic heterocycles. The van der Waals surface area contributed by atoms with E-state index >= 15 is 0 Å². The Balaban J connectivity index is 0.000000774. The average Bonchev–Trinajstić information content (AvgIpc) is 3.03. The van der Waals surface area contributed by atoms with Crippen LogP contribution in [0.5, 0.6) is 0 Å². The van der Waals surface area contributed by atoms with E-state index in [1.54, 1.807) is 0 Å². The van der Waals surface area contributed by atoms with Crippen molar-refractivity contribution in [2.24, 2.45) is 11.3 Å². The van der Waals surface area contributed by atoms with Crippen molar-refractivity contribution in [3.63, 3.8) is 0 Å². The molecule has 1 unspecified atom stereocenters. The Bertz CT molecular complexity index is 312. The summed E-state index contributed by atoms with van der Waals surface area (Å²) in [6, 6.07) is 0.745. The van der Waals surface area contributed by atoms with E-state index in [4.69, 9.17) is 0 Å². The van der Waals surface area contributed by atoms with E-state index in [9.17, 15) is 0 Å². The van der Waals surface area contributed by atoms with Crippen molar-refractivity contribution in [2.75, 3.05) is 52.4 Å². The maximum Gasteiger partial charge on any atom is 0.00513 e. The van der Waals surface area contributed by atoms with Gasteiger partial charge in [0.15, 0.2) is 0 Å². The van der Waals surface area contributed by atoms with Crippen LogP contribution in [0.25, 0.3) is 0 Å². The Morgan fingerprint density at radius 3 is 2.10 bits per heavy atom. The van der Waals surface area contributed by atoms with Crippen LogP contribution in [0.4, 0.5) is 0 Å². The molecule has 3 heterocycles. The quantitative estimate of drug-likeness (QED) is 0.789. The minimum absolute atomic E-state index is 0.664. The van der Waals surface area contributed by atoms with E-state index < -0.39 is 0 Å². The fourth-order valence-corrected chi connectivity index (χ4v) is 4.33. The van der Waals surface area contributed by atoms with Gasteiger partial charge in [-0.1, -0.05) is 20.8 Å². The van der Waals surface area contributed by atoms with Gasteiger partial charge in [0.05, 0.1) is 0 Å². The predicted octanol–water partition coefficient (Wildman–Crippen LogP) is 2.77. The molecule has 124 valence electrons. The molecule has 3 aliphatic rings. The lowest BCUT2D eigenvalue weighted by Gasteiger charge is -2.43. The largest absolute Gasteiger partial charge is 0.303 e. The lowest BCUT2D eigenvalue weighted by atomic mass is 9.86. The summed E-state index contributed by atoms with van der Waals surface area (Å²) in [5.74, 6) is 0.946. The monoisotopic (exact) mass is 295 g/mol. The van der Waals surface area contributed by atoms with E-state index in [1.807, 2.05) is 13.8 Å². The molecule has 21 heavy (non-hydrogen) atoms. The van der Waals surface area contributed by atoms with Crippen molar-refractivity contribution in [3.8, 4) is 0 Å². The topological polar surface area (TPSA) is 9.72 Å². The van der Waals surface area contributed by atoms with E-state index in [0.29, 0.717) is 5.41 Å². The van der Waals surface area contributed by atoms with Crippen LogP contribution in [-0.4, -0.2) is 73.1 Å². The summed E-state index contributed by atoms with van der Waals surface area (Å²) in [5.41, 5.74) is 0.664. The van der Waals surface area contributed by atoms with Crippen molar-refractivity contribution in [1.29, 1.82) is 0 Å². The lowest BCUT2D eigenvalue weighted by Crippen LogP contribution is -2.53. The van der Waals surface area contributed by atoms with Gasteiger partial charge in [-0.25, -0.2) is 0 Å². The zero-order valence-corrected chi connectivity index (χ0v) is 15.1. The number of rotatable bonds is 4. The molecule has 0 aliphatic carbocycles. The fourth-order valence-electron chi connectivity index (χ4n) is 4.33. The second-order valence-corrected chi connectivity index (χ2v) is 7.52. The highest BCUT2D eigenvalue weighted by molar-refractivity contribution is 4.98. The van der Waals surface area contributed by atoms with Gasteiger partial charge in [0.1, 0.15) is 0 Å². The predicted molar refractivity (Wildman–Crippen MR) is 91.8 cm³/mol.